The second kappa shape index (κ2) is 6.24. The lowest BCUT2D eigenvalue weighted by Crippen LogP contribution is -2.18. The van der Waals surface area contributed by atoms with Crippen molar-refractivity contribution >= 4 is 5.97 Å². The molecular weight excluding hydrogens is 252 g/mol. The Labute approximate surface area is 118 Å². The first kappa shape index (κ1) is 14.1. The van der Waals surface area contributed by atoms with Crippen LogP contribution < -0.4 is 4.74 Å². The highest BCUT2D eigenvalue weighted by molar-refractivity contribution is 5.77. The van der Waals surface area contributed by atoms with Gasteiger partial charge in [0.2, 0.25) is 0 Å². The van der Waals surface area contributed by atoms with Crippen molar-refractivity contribution in [3.05, 3.63) is 65.7 Å². The molecule has 0 saturated carbocycles. The van der Waals surface area contributed by atoms with E-state index in [1.807, 2.05) is 55.5 Å². The van der Waals surface area contributed by atoms with E-state index in [0.717, 1.165) is 11.1 Å². The molecule has 2 aromatic rings. The molecule has 1 N–H and O–H groups in total. The summed E-state index contributed by atoms with van der Waals surface area (Å²) in [6, 6.07) is 17.0. The largest absolute Gasteiger partial charge is 0.497 e. The lowest BCUT2D eigenvalue weighted by Gasteiger charge is -2.21. The van der Waals surface area contributed by atoms with Gasteiger partial charge in [0.05, 0.1) is 13.0 Å². The van der Waals surface area contributed by atoms with E-state index in [4.69, 9.17) is 4.74 Å². The number of benzene rings is 2. The average Bonchev–Trinajstić information content (AvgIpc) is 2.48. The first-order chi connectivity index (χ1) is 9.63. The van der Waals surface area contributed by atoms with E-state index in [0.29, 0.717) is 5.75 Å². The van der Waals surface area contributed by atoms with Crippen molar-refractivity contribution in [2.75, 3.05) is 7.11 Å². The van der Waals surface area contributed by atoms with E-state index in [1.54, 1.807) is 13.2 Å². The van der Waals surface area contributed by atoms with Crippen molar-refractivity contribution < 1.29 is 14.6 Å². The zero-order valence-electron chi connectivity index (χ0n) is 11.6. The summed E-state index contributed by atoms with van der Waals surface area (Å²) >= 11 is 0. The second-order valence-electron chi connectivity index (χ2n) is 4.79. The van der Waals surface area contributed by atoms with E-state index in [-0.39, 0.29) is 5.92 Å². The molecule has 0 aliphatic carbocycles. The fourth-order valence-corrected chi connectivity index (χ4v) is 2.43. The summed E-state index contributed by atoms with van der Waals surface area (Å²) < 4.78 is 5.18. The van der Waals surface area contributed by atoms with Gasteiger partial charge in [0, 0.05) is 0 Å². The minimum Gasteiger partial charge on any atom is -0.497 e. The minimum atomic E-state index is -0.824. The average molecular weight is 270 g/mol. The van der Waals surface area contributed by atoms with Crippen LogP contribution in [0.4, 0.5) is 0 Å². The molecule has 20 heavy (non-hydrogen) atoms. The van der Waals surface area contributed by atoms with E-state index < -0.39 is 11.9 Å². The lowest BCUT2D eigenvalue weighted by molar-refractivity contribution is -0.139. The Hall–Kier alpha value is -2.29. The maximum atomic E-state index is 11.7. The Bertz CT molecular complexity index is 578. The summed E-state index contributed by atoms with van der Waals surface area (Å²) in [5.41, 5.74) is 1.77. The summed E-state index contributed by atoms with van der Waals surface area (Å²) in [6.07, 6.45) is 0. The van der Waals surface area contributed by atoms with Gasteiger partial charge in [-0.05, 0) is 29.2 Å². The summed E-state index contributed by atoms with van der Waals surface area (Å²) in [5.74, 6) is -0.850. The molecule has 0 aliphatic heterocycles. The first-order valence-corrected chi connectivity index (χ1v) is 6.55. The molecule has 0 spiro atoms. The number of carboxylic acid groups (broad SMARTS) is 1. The molecule has 2 unspecified atom stereocenters. The zero-order chi connectivity index (χ0) is 14.5. The van der Waals surface area contributed by atoms with Gasteiger partial charge in [0.1, 0.15) is 5.75 Å². The molecule has 0 radical (unpaired) electrons. The fraction of sp³-hybridized carbons (Fsp3) is 0.235. The van der Waals surface area contributed by atoms with Crippen LogP contribution in [0.2, 0.25) is 0 Å². The number of aliphatic carboxylic acids is 1. The van der Waals surface area contributed by atoms with Gasteiger partial charge < -0.3 is 9.84 Å². The van der Waals surface area contributed by atoms with Gasteiger partial charge in [-0.25, -0.2) is 0 Å². The van der Waals surface area contributed by atoms with E-state index >= 15 is 0 Å². The Morgan fingerprint density at radius 3 is 2.30 bits per heavy atom. The van der Waals surface area contributed by atoms with Crippen LogP contribution in [0.3, 0.4) is 0 Å². The van der Waals surface area contributed by atoms with Gasteiger partial charge in [-0.3, -0.25) is 4.79 Å². The zero-order valence-corrected chi connectivity index (χ0v) is 11.6. The summed E-state index contributed by atoms with van der Waals surface area (Å²) in [6.45, 7) is 1.94. The number of hydrogen-bond acceptors (Lipinski definition) is 2. The number of carbonyl (C=O) groups is 1. The highest BCUT2D eigenvalue weighted by Crippen LogP contribution is 2.34. The molecule has 0 aromatic heterocycles. The molecule has 3 nitrogen and oxygen atoms in total. The highest BCUT2D eigenvalue weighted by Gasteiger charge is 2.27. The number of carboxylic acids is 1. The van der Waals surface area contributed by atoms with Crippen molar-refractivity contribution in [1.82, 2.24) is 0 Å². The molecular formula is C17H18O3. The predicted octanol–water partition coefficient (Wildman–Crippen LogP) is 3.67. The Morgan fingerprint density at radius 1 is 1.05 bits per heavy atom. The van der Waals surface area contributed by atoms with Crippen LogP contribution in [0, 0.1) is 0 Å². The van der Waals surface area contributed by atoms with Crippen molar-refractivity contribution in [3.8, 4) is 5.75 Å². The fourth-order valence-electron chi connectivity index (χ4n) is 2.43. The molecule has 0 bridgehead atoms. The van der Waals surface area contributed by atoms with Crippen molar-refractivity contribution in [2.24, 2.45) is 0 Å². The number of rotatable bonds is 5. The molecule has 0 saturated heterocycles. The standard InChI is InChI=1S/C17H18O3/c1-12(13-7-4-3-5-8-13)16(17(18)19)14-9-6-10-15(11-14)20-2/h3-12,16H,1-2H3,(H,18,19). The topological polar surface area (TPSA) is 46.5 Å². The Morgan fingerprint density at radius 2 is 1.70 bits per heavy atom. The van der Waals surface area contributed by atoms with E-state index in [2.05, 4.69) is 0 Å². The van der Waals surface area contributed by atoms with E-state index in [9.17, 15) is 9.90 Å². The Kier molecular flexibility index (Phi) is 4.41. The molecule has 2 atom stereocenters. The molecule has 2 rings (SSSR count). The van der Waals surface area contributed by atoms with Crippen molar-refractivity contribution in [3.63, 3.8) is 0 Å². The maximum absolute atomic E-state index is 11.7. The third kappa shape index (κ3) is 2.99. The van der Waals surface area contributed by atoms with Crippen molar-refractivity contribution in [1.29, 1.82) is 0 Å². The van der Waals surface area contributed by atoms with Crippen LogP contribution in [-0.4, -0.2) is 18.2 Å². The van der Waals surface area contributed by atoms with Gasteiger partial charge in [0.15, 0.2) is 0 Å². The smallest absolute Gasteiger partial charge is 0.311 e. The van der Waals surface area contributed by atoms with Crippen molar-refractivity contribution in [2.45, 2.75) is 18.8 Å². The molecule has 0 aliphatic rings. The molecule has 3 heteroatoms. The monoisotopic (exact) mass is 270 g/mol. The molecule has 0 amide bonds. The molecule has 0 heterocycles. The SMILES string of the molecule is COc1cccc(C(C(=O)O)C(C)c2ccccc2)c1. The van der Waals surface area contributed by atoms with Gasteiger partial charge in [-0.1, -0.05) is 49.4 Å². The second-order valence-corrected chi connectivity index (χ2v) is 4.79. The molecule has 2 aromatic carbocycles. The summed E-state index contributed by atoms with van der Waals surface area (Å²) in [7, 11) is 1.58. The highest BCUT2D eigenvalue weighted by atomic mass is 16.5. The molecule has 104 valence electrons. The summed E-state index contributed by atoms with van der Waals surface area (Å²) in [5, 5.41) is 9.58. The van der Waals surface area contributed by atoms with Gasteiger partial charge >= 0.3 is 5.97 Å². The van der Waals surface area contributed by atoms with E-state index in [1.165, 1.54) is 0 Å². The van der Waals surface area contributed by atoms with Crippen LogP contribution in [0.1, 0.15) is 29.9 Å². The van der Waals surface area contributed by atoms with Crippen LogP contribution in [0.25, 0.3) is 0 Å². The molecule has 0 fully saturated rings. The van der Waals surface area contributed by atoms with Gasteiger partial charge in [-0.15, -0.1) is 0 Å². The van der Waals surface area contributed by atoms with Crippen LogP contribution in [0.15, 0.2) is 54.6 Å². The van der Waals surface area contributed by atoms with Gasteiger partial charge in [-0.2, -0.15) is 0 Å². The number of methoxy groups -OCH3 is 1. The number of hydrogen-bond donors (Lipinski definition) is 1. The minimum absolute atomic E-state index is 0.110. The van der Waals surface area contributed by atoms with Crippen LogP contribution in [-0.2, 0) is 4.79 Å². The number of ether oxygens (including phenoxy) is 1. The van der Waals surface area contributed by atoms with Crippen LogP contribution >= 0.6 is 0 Å². The third-order valence-electron chi connectivity index (χ3n) is 3.54. The quantitative estimate of drug-likeness (QED) is 0.901. The van der Waals surface area contributed by atoms with Crippen LogP contribution in [0.5, 0.6) is 5.75 Å². The third-order valence-corrected chi connectivity index (χ3v) is 3.54. The normalized spacial score (nSPS) is 13.5. The Balaban J connectivity index is 2.38. The predicted molar refractivity (Wildman–Crippen MR) is 78.2 cm³/mol. The lowest BCUT2D eigenvalue weighted by atomic mass is 9.82. The maximum Gasteiger partial charge on any atom is 0.311 e. The summed E-state index contributed by atoms with van der Waals surface area (Å²) in [4.78, 5) is 11.7. The van der Waals surface area contributed by atoms with Gasteiger partial charge in [0.25, 0.3) is 0 Å². The first-order valence-electron chi connectivity index (χ1n) is 6.55.